The van der Waals surface area contributed by atoms with Gasteiger partial charge in [-0.3, -0.25) is 4.79 Å². The lowest BCUT2D eigenvalue weighted by atomic mass is 9.90. The Kier molecular flexibility index (Phi) is 4.36. The van der Waals surface area contributed by atoms with Crippen molar-refractivity contribution >= 4 is 21.8 Å². The summed E-state index contributed by atoms with van der Waals surface area (Å²) in [6.07, 6.45) is 0. The Balaban J connectivity index is 1.68. The molecule has 3 rings (SSSR count). The zero-order chi connectivity index (χ0) is 14.7. The number of carbonyl (C=O) groups is 1. The number of nitrogens with one attached hydrogen (secondary N) is 2. The van der Waals surface area contributed by atoms with Gasteiger partial charge in [-0.2, -0.15) is 0 Å². The summed E-state index contributed by atoms with van der Waals surface area (Å²) in [7, 11) is 0. The lowest BCUT2D eigenvalue weighted by Crippen LogP contribution is -2.38. The van der Waals surface area contributed by atoms with Crippen molar-refractivity contribution in [1.82, 2.24) is 10.6 Å². The van der Waals surface area contributed by atoms with Gasteiger partial charge in [0.05, 0.1) is 5.92 Å². The molecule has 0 aliphatic carbocycles. The van der Waals surface area contributed by atoms with Crippen molar-refractivity contribution in [2.45, 2.75) is 19.0 Å². The monoisotopic (exact) mass is 344 g/mol. The molecule has 108 valence electrons. The predicted octanol–water partition coefficient (Wildman–Crippen LogP) is 2.95. The van der Waals surface area contributed by atoms with Crippen LogP contribution in [0.4, 0.5) is 0 Å². The molecular weight excluding hydrogens is 328 g/mol. The third kappa shape index (κ3) is 3.34. The molecule has 1 aliphatic heterocycles. The van der Waals surface area contributed by atoms with Crippen molar-refractivity contribution < 1.29 is 4.79 Å². The van der Waals surface area contributed by atoms with E-state index >= 15 is 0 Å². The van der Waals surface area contributed by atoms with Gasteiger partial charge in [0, 0.05) is 24.1 Å². The van der Waals surface area contributed by atoms with E-state index in [9.17, 15) is 4.79 Å². The number of hydrogen-bond donors (Lipinski definition) is 2. The average molecular weight is 345 g/mol. The second-order valence-corrected chi connectivity index (χ2v) is 6.14. The minimum Gasteiger partial charge on any atom is -0.351 e. The highest BCUT2D eigenvalue weighted by molar-refractivity contribution is 9.10. The van der Waals surface area contributed by atoms with Crippen LogP contribution in [0.25, 0.3) is 0 Å². The molecule has 0 saturated carbocycles. The summed E-state index contributed by atoms with van der Waals surface area (Å²) in [6.45, 7) is 2.10. The normalized spacial score (nSPS) is 17.1. The first-order valence-electron chi connectivity index (χ1n) is 7.05. The van der Waals surface area contributed by atoms with Crippen molar-refractivity contribution in [3.05, 3.63) is 69.7 Å². The Morgan fingerprint density at radius 1 is 1.19 bits per heavy atom. The maximum absolute atomic E-state index is 12.4. The van der Waals surface area contributed by atoms with Gasteiger partial charge in [0.15, 0.2) is 0 Å². The summed E-state index contributed by atoms with van der Waals surface area (Å²) in [6, 6.07) is 16.1. The molecule has 0 fully saturated rings. The van der Waals surface area contributed by atoms with Crippen LogP contribution >= 0.6 is 15.9 Å². The van der Waals surface area contributed by atoms with Gasteiger partial charge in [0.25, 0.3) is 0 Å². The Labute approximate surface area is 132 Å². The minimum absolute atomic E-state index is 0.0811. The van der Waals surface area contributed by atoms with E-state index in [0.717, 1.165) is 22.1 Å². The van der Waals surface area contributed by atoms with E-state index in [1.807, 2.05) is 36.4 Å². The van der Waals surface area contributed by atoms with E-state index in [2.05, 4.69) is 38.7 Å². The van der Waals surface area contributed by atoms with E-state index in [1.54, 1.807) is 0 Å². The lowest BCUT2D eigenvalue weighted by Gasteiger charge is -2.25. The fraction of sp³-hybridized carbons (Fsp3) is 0.235. The maximum Gasteiger partial charge on any atom is 0.229 e. The topological polar surface area (TPSA) is 41.1 Å². The van der Waals surface area contributed by atoms with Crippen LogP contribution in [0.1, 0.15) is 22.6 Å². The molecule has 2 aromatic carbocycles. The third-order valence-corrected chi connectivity index (χ3v) is 4.32. The van der Waals surface area contributed by atoms with E-state index < -0.39 is 0 Å². The summed E-state index contributed by atoms with van der Waals surface area (Å²) in [5, 5.41) is 6.35. The summed E-state index contributed by atoms with van der Waals surface area (Å²) >= 11 is 3.41. The van der Waals surface area contributed by atoms with Gasteiger partial charge in [0.1, 0.15) is 0 Å². The molecule has 0 radical (unpaired) electrons. The third-order valence-electron chi connectivity index (χ3n) is 3.79. The summed E-state index contributed by atoms with van der Waals surface area (Å²) in [5.74, 6) is -0.0250. The Morgan fingerprint density at radius 2 is 1.95 bits per heavy atom. The molecule has 0 bridgehead atoms. The molecule has 1 atom stereocenters. The van der Waals surface area contributed by atoms with Crippen molar-refractivity contribution in [3.8, 4) is 0 Å². The van der Waals surface area contributed by atoms with Gasteiger partial charge in [-0.1, -0.05) is 52.3 Å². The molecule has 1 heterocycles. The van der Waals surface area contributed by atoms with Gasteiger partial charge >= 0.3 is 0 Å². The van der Waals surface area contributed by atoms with E-state index in [4.69, 9.17) is 0 Å². The summed E-state index contributed by atoms with van der Waals surface area (Å²) in [5.41, 5.74) is 3.46. The molecule has 1 aliphatic rings. The number of amides is 1. The van der Waals surface area contributed by atoms with Crippen LogP contribution in [0, 0.1) is 0 Å². The fourth-order valence-electron chi connectivity index (χ4n) is 2.64. The zero-order valence-corrected chi connectivity index (χ0v) is 13.2. The number of hydrogen-bond acceptors (Lipinski definition) is 2. The van der Waals surface area contributed by atoms with Crippen LogP contribution in [0.2, 0.25) is 0 Å². The first-order valence-corrected chi connectivity index (χ1v) is 7.84. The van der Waals surface area contributed by atoms with Crippen molar-refractivity contribution in [1.29, 1.82) is 0 Å². The highest BCUT2D eigenvalue weighted by Crippen LogP contribution is 2.24. The minimum atomic E-state index is -0.106. The van der Waals surface area contributed by atoms with Gasteiger partial charge in [-0.05, 0) is 28.8 Å². The largest absolute Gasteiger partial charge is 0.351 e. The van der Waals surface area contributed by atoms with Gasteiger partial charge in [0.2, 0.25) is 5.91 Å². The molecule has 0 saturated heterocycles. The number of benzene rings is 2. The first-order chi connectivity index (χ1) is 10.2. The molecule has 4 heteroatoms. The highest BCUT2D eigenvalue weighted by Gasteiger charge is 2.25. The van der Waals surface area contributed by atoms with Gasteiger partial charge in [-0.25, -0.2) is 0 Å². The standard InChI is InChI=1S/C17H17BrN2O/c18-14-7-5-12(6-8-14)9-20-17(21)16-11-19-10-13-3-1-2-4-15(13)16/h1-8,16,19H,9-11H2,(H,20,21). The van der Waals surface area contributed by atoms with Crippen LogP contribution in [-0.4, -0.2) is 12.5 Å². The van der Waals surface area contributed by atoms with E-state index in [-0.39, 0.29) is 11.8 Å². The molecule has 2 aromatic rings. The van der Waals surface area contributed by atoms with Crippen LogP contribution in [0.5, 0.6) is 0 Å². The van der Waals surface area contributed by atoms with Crippen molar-refractivity contribution in [3.63, 3.8) is 0 Å². The lowest BCUT2D eigenvalue weighted by molar-refractivity contribution is -0.122. The molecular formula is C17H17BrN2O. The fourth-order valence-corrected chi connectivity index (χ4v) is 2.91. The second-order valence-electron chi connectivity index (χ2n) is 5.23. The van der Waals surface area contributed by atoms with Crippen molar-refractivity contribution in [2.75, 3.05) is 6.54 Å². The zero-order valence-electron chi connectivity index (χ0n) is 11.6. The van der Waals surface area contributed by atoms with Crippen LogP contribution in [0.3, 0.4) is 0 Å². The van der Waals surface area contributed by atoms with Crippen LogP contribution in [-0.2, 0) is 17.9 Å². The molecule has 0 aromatic heterocycles. The quantitative estimate of drug-likeness (QED) is 0.898. The maximum atomic E-state index is 12.4. The molecule has 1 amide bonds. The number of fused-ring (bicyclic) bond motifs is 1. The summed E-state index contributed by atoms with van der Waals surface area (Å²) < 4.78 is 1.04. The molecule has 1 unspecified atom stereocenters. The SMILES string of the molecule is O=C(NCc1ccc(Br)cc1)C1CNCc2ccccc21. The van der Waals surface area contributed by atoms with Crippen molar-refractivity contribution in [2.24, 2.45) is 0 Å². The van der Waals surface area contributed by atoms with Crippen LogP contribution in [0.15, 0.2) is 53.0 Å². The molecule has 21 heavy (non-hydrogen) atoms. The first kappa shape index (κ1) is 14.3. The van der Waals surface area contributed by atoms with Gasteiger partial charge in [-0.15, -0.1) is 0 Å². The second kappa shape index (κ2) is 6.41. The molecule has 2 N–H and O–H groups in total. The Hall–Kier alpha value is -1.65. The Bertz CT molecular complexity index is 639. The smallest absolute Gasteiger partial charge is 0.229 e. The summed E-state index contributed by atoms with van der Waals surface area (Å²) in [4.78, 5) is 12.4. The predicted molar refractivity (Wildman–Crippen MR) is 86.9 cm³/mol. The Morgan fingerprint density at radius 3 is 2.76 bits per heavy atom. The number of rotatable bonds is 3. The van der Waals surface area contributed by atoms with Gasteiger partial charge < -0.3 is 10.6 Å². The van der Waals surface area contributed by atoms with Crippen LogP contribution < -0.4 is 10.6 Å². The highest BCUT2D eigenvalue weighted by atomic mass is 79.9. The molecule has 0 spiro atoms. The number of carbonyl (C=O) groups excluding carboxylic acids is 1. The number of halogens is 1. The molecule has 3 nitrogen and oxygen atoms in total. The average Bonchev–Trinajstić information content (AvgIpc) is 2.53. The van der Waals surface area contributed by atoms with E-state index in [0.29, 0.717) is 13.1 Å². The van der Waals surface area contributed by atoms with E-state index in [1.165, 1.54) is 5.56 Å².